The molecule has 4 heteroatoms. The molecule has 0 bridgehead atoms. The number of hydrogen-bond donors (Lipinski definition) is 0. The fraction of sp³-hybridized carbons (Fsp3) is 0. The van der Waals surface area contributed by atoms with E-state index in [0.29, 0.717) is 5.89 Å². The van der Waals surface area contributed by atoms with Crippen molar-refractivity contribution in [3.8, 4) is 11.5 Å². The molecule has 0 N–H and O–H groups in total. The normalized spacial score (nSPS) is 10.1. The number of oxazole rings is 1. The lowest BCUT2D eigenvalue weighted by atomic mass is 10.2. The highest BCUT2D eigenvalue weighted by atomic mass is 35.5. The van der Waals surface area contributed by atoms with Gasteiger partial charge in [0, 0.05) is 5.56 Å². The van der Waals surface area contributed by atoms with E-state index in [4.69, 9.17) is 16.0 Å². The highest BCUT2D eigenvalue weighted by Gasteiger charge is 2.10. The van der Waals surface area contributed by atoms with Gasteiger partial charge in [0.15, 0.2) is 0 Å². The summed E-state index contributed by atoms with van der Waals surface area (Å²) in [6.07, 6.45) is 1.32. The highest BCUT2D eigenvalue weighted by Crippen LogP contribution is 2.19. The molecule has 0 saturated carbocycles. The summed E-state index contributed by atoms with van der Waals surface area (Å²) in [5, 5.41) is -0.639. The Labute approximate surface area is 85.3 Å². The quantitative estimate of drug-likeness (QED) is 0.712. The molecule has 14 heavy (non-hydrogen) atoms. The zero-order valence-corrected chi connectivity index (χ0v) is 7.86. The van der Waals surface area contributed by atoms with Crippen LogP contribution in [0.4, 0.5) is 0 Å². The summed E-state index contributed by atoms with van der Waals surface area (Å²) >= 11 is 5.23. The highest BCUT2D eigenvalue weighted by molar-refractivity contribution is 6.67. The van der Waals surface area contributed by atoms with Crippen LogP contribution in [0.3, 0.4) is 0 Å². The zero-order chi connectivity index (χ0) is 9.97. The Bertz CT molecular complexity index is 450. The van der Waals surface area contributed by atoms with Gasteiger partial charge in [0.25, 0.3) is 5.24 Å². The van der Waals surface area contributed by atoms with Crippen LogP contribution in [0, 0.1) is 0 Å². The summed E-state index contributed by atoms with van der Waals surface area (Å²) in [7, 11) is 0. The number of halogens is 1. The number of carbonyl (C=O) groups excluding carboxylic acids is 1. The predicted octanol–water partition coefficient (Wildman–Crippen LogP) is 2.72. The molecule has 1 heterocycles. The minimum atomic E-state index is -0.639. The van der Waals surface area contributed by atoms with Crippen molar-refractivity contribution in [3.63, 3.8) is 0 Å². The second kappa shape index (κ2) is 3.64. The van der Waals surface area contributed by atoms with Crippen LogP contribution in [-0.4, -0.2) is 10.2 Å². The number of hydrogen-bond acceptors (Lipinski definition) is 3. The second-order valence-corrected chi connectivity index (χ2v) is 3.01. The van der Waals surface area contributed by atoms with Crippen molar-refractivity contribution in [2.45, 2.75) is 0 Å². The van der Waals surface area contributed by atoms with E-state index in [0.717, 1.165) is 5.56 Å². The summed E-state index contributed by atoms with van der Waals surface area (Å²) in [6.45, 7) is 0. The maximum absolute atomic E-state index is 10.7. The second-order valence-electron chi connectivity index (χ2n) is 2.67. The Kier molecular flexibility index (Phi) is 2.33. The zero-order valence-electron chi connectivity index (χ0n) is 7.11. The predicted molar refractivity (Wildman–Crippen MR) is 52.1 cm³/mol. The third kappa shape index (κ3) is 1.67. The molecule has 0 saturated heterocycles. The van der Waals surface area contributed by atoms with Gasteiger partial charge < -0.3 is 4.42 Å². The number of benzene rings is 1. The van der Waals surface area contributed by atoms with Gasteiger partial charge in [-0.3, -0.25) is 4.79 Å². The minimum Gasteiger partial charge on any atom is -0.432 e. The Morgan fingerprint density at radius 2 is 2.00 bits per heavy atom. The van der Waals surface area contributed by atoms with Crippen molar-refractivity contribution >= 4 is 16.8 Å². The van der Waals surface area contributed by atoms with E-state index < -0.39 is 5.24 Å². The fourth-order valence-corrected chi connectivity index (χ4v) is 1.17. The van der Waals surface area contributed by atoms with E-state index in [1.807, 2.05) is 30.3 Å². The average Bonchev–Trinajstić information content (AvgIpc) is 2.68. The van der Waals surface area contributed by atoms with Crippen LogP contribution in [0.5, 0.6) is 0 Å². The third-order valence-electron chi connectivity index (χ3n) is 1.72. The van der Waals surface area contributed by atoms with Crippen molar-refractivity contribution in [2.75, 3.05) is 0 Å². The lowest BCUT2D eigenvalue weighted by Gasteiger charge is -1.92. The first kappa shape index (κ1) is 8.97. The first-order chi connectivity index (χ1) is 6.77. The minimum absolute atomic E-state index is 0.0607. The largest absolute Gasteiger partial charge is 0.432 e. The van der Waals surface area contributed by atoms with Crippen molar-refractivity contribution < 1.29 is 9.21 Å². The third-order valence-corrected chi connectivity index (χ3v) is 1.91. The molecule has 0 amide bonds. The molecule has 3 nitrogen and oxygen atoms in total. The van der Waals surface area contributed by atoms with Gasteiger partial charge in [-0.1, -0.05) is 18.2 Å². The van der Waals surface area contributed by atoms with Crippen LogP contribution in [0.25, 0.3) is 11.5 Å². The van der Waals surface area contributed by atoms with Crippen LogP contribution >= 0.6 is 11.6 Å². The number of nitrogens with zero attached hydrogens (tertiary/aromatic N) is 1. The topological polar surface area (TPSA) is 43.1 Å². The molecule has 2 aromatic rings. The smallest absolute Gasteiger partial charge is 0.289 e. The number of rotatable bonds is 2. The van der Waals surface area contributed by atoms with Gasteiger partial charge in [-0.15, -0.1) is 0 Å². The monoisotopic (exact) mass is 207 g/mol. The fourth-order valence-electron chi connectivity index (χ4n) is 1.08. The van der Waals surface area contributed by atoms with E-state index in [9.17, 15) is 4.79 Å². The molecule has 70 valence electrons. The van der Waals surface area contributed by atoms with Crippen LogP contribution in [0.1, 0.15) is 10.6 Å². The molecule has 1 aromatic heterocycles. The Hall–Kier alpha value is -1.61. The number of carbonyl (C=O) groups is 1. The van der Waals surface area contributed by atoms with Crippen molar-refractivity contribution in [2.24, 2.45) is 0 Å². The molecule has 1 aromatic carbocycles. The van der Waals surface area contributed by atoms with Crippen molar-refractivity contribution in [1.29, 1.82) is 0 Å². The van der Waals surface area contributed by atoms with Crippen LogP contribution in [0.2, 0.25) is 0 Å². The molecular weight excluding hydrogens is 202 g/mol. The van der Waals surface area contributed by atoms with E-state index in [1.165, 1.54) is 6.20 Å². The summed E-state index contributed by atoms with van der Waals surface area (Å²) in [5.41, 5.74) is 0.816. The first-order valence-electron chi connectivity index (χ1n) is 3.98. The van der Waals surface area contributed by atoms with Gasteiger partial charge in [-0.25, -0.2) is 4.98 Å². The maximum atomic E-state index is 10.7. The van der Waals surface area contributed by atoms with E-state index in [2.05, 4.69) is 4.98 Å². The van der Waals surface area contributed by atoms with Gasteiger partial charge in [0.05, 0.1) is 6.20 Å². The standard InChI is InChI=1S/C10H6ClNO2/c11-9(13)8-6-12-10(14-8)7-4-2-1-3-5-7/h1-6H. The Morgan fingerprint density at radius 1 is 1.29 bits per heavy atom. The van der Waals surface area contributed by atoms with Crippen LogP contribution in [0.15, 0.2) is 40.9 Å². The molecule has 2 rings (SSSR count). The molecule has 0 atom stereocenters. The molecule has 0 unspecified atom stereocenters. The molecule has 0 radical (unpaired) electrons. The molecule has 0 fully saturated rings. The first-order valence-corrected chi connectivity index (χ1v) is 4.36. The van der Waals surface area contributed by atoms with E-state index in [1.54, 1.807) is 0 Å². The average molecular weight is 208 g/mol. The van der Waals surface area contributed by atoms with Crippen LogP contribution < -0.4 is 0 Å². The molecule has 0 aliphatic carbocycles. The summed E-state index contributed by atoms with van der Waals surface area (Å²) in [5.74, 6) is 0.458. The summed E-state index contributed by atoms with van der Waals surface area (Å²) in [6, 6.07) is 9.30. The number of aromatic nitrogens is 1. The molecule has 0 aliphatic heterocycles. The summed E-state index contributed by atoms with van der Waals surface area (Å²) < 4.78 is 5.14. The van der Waals surface area contributed by atoms with Crippen LogP contribution in [-0.2, 0) is 0 Å². The van der Waals surface area contributed by atoms with E-state index >= 15 is 0 Å². The van der Waals surface area contributed by atoms with Gasteiger partial charge in [0.1, 0.15) is 0 Å². The van der Waals surface area contributed by atoms with Crippen molar-refractivity contribution in [1.82, 2.24) is 4.98 Å². The van der Waals surface area contributed by atoms with Gasteiger partial charge in [-0.05, 0) is 23.7 Å². The van der Waals surface area contributed by atoms with Gasteiger partial charge in [0.2, 0.25) is 11.7 Å². The summed E-state index contributed by atoms with van der Waals surface area (Å²) in [4.78, 5) is 14.7. The molecular formula is C10H6ClNO2. The van der Waals surface area contributed by atoms with Gasteiger partial charge in [-0.2, -0.15) is 0 Å². The molecule has 0 aliphatic rings. The van der Waals surface area contributed by atoms with Gasteiger partial charge >= 0.3 is 0 Å². The van der Waals surface area contributed by atoms with Crippen molar-refractivity contribution in [3.05, 3.63) is 42.3 Å². The Balaban J connectivity index is 2.39. The lowest BCUT2D eigenvalue weighted by Crippen LogP contribution is -1.81. The molecule has 0 spiro atoms. The Morgan fingerprint density at radius 3 is 2.57 bits per heavy atom. The SMILES string of the molecule is O=C(Cl)c1cnc(-c2ccccc2)o1. The van der Waals surface area contributed by atoms with E-state index in [-0.39, 0.29) is 5.76 Å². The lowest BCUT2D eigenvalue weighted by molar-refractivity contribution is 0.105. The maximum Gasteiger partial charge on any atom is 0.289 e.